The Kier molecular flexibility index (Phi) is 4.54. The molecule has 0 aromatic rings. The fourth-order valence-electron chi connectivity index (χ4n) is 0.517. The minimum Gasteiger partial charge on any atom is -0.0557 e. The van der Waals surface area contributed by atoms with Gasteiger partial charge in [-0.25, -0.2) is 0 Å². The van der Waals surface area contributed by atoms with Gasteiger partial charge in [-0.3, -0.25) is 0 Å². The molecule has 0 fully saturated rings. The van der Waals surface area contributed by atoms with Gasteiger partial charge in [-0.15, -0.1) is 0 Å². The second-order valence-corrected chi connectivity index (χ2v) is 4.70. The Hall–Kier alpha value is 0.440. The molecule has 0 unspecified atom stereocenters. The number of rotatable bonds is 1. The first-order valence-corrected chi connectivity index (χ1v) is 4.71. The van der Waals surface area contributed by atoms with Crippen molar-refractivity contribution < 1.29 is 0 Å². The van der Waals surface area contributed by atoms with Gasteiger partial charge in [0.05, 0.1) is 0 Å². The van der Waals surface area contributed by atoms with Crippen LogP contribution < -0.4 is 0 Å². The van der Waals surface area contributed by atoms with Crippen molar-refractivity contribution in [3.63, 3.8) is 0 Å². The standard InChI is InChI=1S/C8H12Br2/c1-5(7(3)9)6(2)8(4)10/h1-4H3. The van der Waals surface area contributed by atoms with E-state index in [9.17, 15) is 0 Å². The van der Waals surface area contributed by atoms with Gasteiger partial charge in [0.2, 0.25) is 0 Å². The van der Waals surface area contributed by atoms with E-state index in [0.29, 0.717) is 0 Å². The van der Waals surface area contributed by atoms with E-state index in [0.717, 1.165) is 0 Å². The molecular formula is C8H12Br2. The molecule has 0 aromatic carbocycles. The van der Waals surface area contributed by atoms with Crippen molar-refractivity contribution in [3.05, 3.63) is 20.1 Å². The molecule has 0 bridgehead atoms. The van der Waals surface area contributed by atoms with Crippen LogP contribution in [-0.2, 0) is 0 Å². The lowest BCUT2D eigenvalue weighted by Crippen LogP contribution is -1.81. The molecule has 0 aliphatic carbocycles. The van der Waals surface area contributed by atoms with Crippen LogP contribution in [0.3, 0.4) is 0 Å². The lowest BCUT2D eigenvalue weighted by atomic mass is 10.1. The molecule has 58 valence electrons. The minimum atomic E-state index is 1.20. The molecule has 0 aliphatic rings. The van der Waals surface area contributed by atoms with E-state index >= 15 is 0 Å². The zero-order valence-corrected chi connectivity index (χ0v) is 9.93. The average molecular weight is 268 g/mol. The zero-order chi connectivity index (χ0) is 8.31. The molecule has 10 heavy (non-hydrogen) atoms. The number of halogens is 2. The van der Waals surface area contributed by atoms with Gasteiger partial charge < -0.3 is 0 Å². The van der Waals surface area contributed by atoms with Gasteiger partial charge in [0, 0.05) is 0 Å². The monoisotopic (exact) mass is 266 g/mol. The number of allylic oxidation sites excluding steroid dienone is 4. The van der Waals surface area contributed by atoms with E-state index in [-0.39, 0.29) is 0 Å². The molecule has 0 heterocycles. The predicted octanol–water partition coefficient (Wildman–Crippen LogP) is 4.36. The lowest BCUT2D eigenvalue weighted by molar-refractivity contribution is 1.29. The largest absolute Gasteiger partial charge is 0.0557 e. The van der Waals surface area contributed by atoms with Crippen LogP contribution in [-0.4, -0.2) is 0 Å². The highest BCUT2D eigenvalue weighted by atomic mass is 79.9. The van der Waals surface area contributed by atoms with E-state index in [1.807, 2.05) is 0 Å². The van der Waals surface area contributed by atoms with Crippen LogP contribution in [0.1, 0.15) is 27.7 Å². The quantitative estimate of drug-likeness (QED) is 0.619. The fourth-order valence-corrected chi connectivity index (χ4v) is 1.11. The van der Waals surface area contributed by atoms with E-state index in [1.54, 1.807) is 0 Å². The minimum absolute atomic E-state index is 1.20. The van der Waals surface area contributed by atoms with Crippen LogP contribution in [0.15, 0.2) is 20.1 Å². The summed E-state index contributed by atoms with van der Waals surface area (Å²) in [5.74, 6) is 0. The van der Waals surface area contributed by atoms with Crippen LogP contribution in [0.2, 0.25) is 0 Å². The number of hydrogen-bond acceptors (Lipinski definition) is 0. The third kappa shape index (κ3) is 3.02. The van der Waals surface area contributed by atoms with Crippen molar-refractivity contribution in [3.8, 4) is 0 Å². The second-order valence-electron chi connectivity index (χ2n) is 2.32. The molecule has 0 aliphatic heterocycles. The van der Waals surface area contributed by atoms with Crippen molar-refractivity contribution in [1.29, 1.82) is 0 Å². The van der Waals surface area contributed by atoms with Crippen molar-refractivity contribution in [2.24, 2.45) is 0 Å². The smallest absolute Gasteiger partial charge is 0.00483 e. The summed E-state index contributed by atoms with van der Waals surface area (Å²) < 4.78 is 2.40. The Morgan fingerprint density at radius 2 is 0.900 bits per heavy atom. The van der Waals surface area contributed by atoms with Gasteiger partial charge >= 0.3 is 0 Å². The Balaban J connectivity index is 4.71. The first-order chi connectivity index (χ1) is 4.46. The summed E-state index contributed by atoms with van der Waals surface area (Å²) in [4.78, 5) is 0. The maximum absolute atomic E-state index is 3.43. The summed E-state index contributed by atoms with van der Waals surface area (Å²) in [6.45, 7) is 8.30. The predicted molar refractivity (Wildman–Crippen MR) is 54.6 cm³/mol. The maximum atomic E-state index is 3.43. The highest BCUT2D eigenvalue weighted by molar-refractivity contribution is 9.12. The van der Waals surface area contributed by atoms with Crippen molar-refractivity contribution in [2.45, 2.75) is 27.7 Å². The molecular weight excluding hydrogens is 256 g/mol. The van der Waals surface area contributed by atoms with Crippen LogP contribution in [0.4, 0.5) is 0 Å². The maximum Gasteiger partial charge on any atom is -0.00483 e. The molecule has 0 N–H and O–H groups in total. The molecule has 0 aromatic heterocycles. The zero-order valence-electron chi connectivity index (χ0n) is 6.76. The summed E-state index contributed by atoms with van der Waals surface area (Å²) in [7, 11) is 0. The average Bonchev–Trinajstić information content (AvgIpc) is 1.84. The van der Waals surface area contributed by atoms with Crippen LogP contribution >= 0.6 is 31.9 Å². The van der Waals surface area contributed by atoms with Crippen molar-refractivity contribution in [1.82, 2.24) is 0 Å². The summed E-state index contributed by atoms with van der Waals surface area (Å²) in [5, 5.41) is 0. The van der Waals surface area contributed by atoms with Gasteiger partial charge in [-0.1, -0.05) is 31.9 Å². The first kappa shape index (κ1) is 10.4. The van der Waals surface area contributed by atoms with Gasteiger partial charge in [0.25, 0.3) is 0 Å². The fraction of sp³-hybridized carbons (Fsp3) is 0.500. The highest BCUT2D eigenvalue weighted by Gasteiger charge is 1.98. The Labute approximate surface area is 79.6 Å². The SMILES string of the molecule is CC(Br)=C(C)C(C)=C(C)Br. The van der Waals surface area contributed by atoms with Crippen LogP contribution in [0.25, 0.3) is 0 Å². The van der Waals surface area contributed by atoms with E-state index in [2.05, 4.69) is 59.6 Å². The molecule has 0 atom stereocenters. The summed E-state index contributed by atoms with van der Waals surface area (Å²) in [5.41, 5.74) is 2.60. The topological polar surface area (TPSA) is 0 Å². The highest BCUT2D eigenvalue weighted by Crippen LogP contribution is 2.23. The van der Waals surface area contributed by atoms with Crippen LogP contribution in [0.5, 0.6) is 0 Å². The van der Waals surface area contributed by atoms with Crippen molar-refractivity contribution >= 4 is 31.9 Å². The third-order valence-corrected chi connectivity index (χ3v) is 2.79. The number of hydrogen-bond donors (Lipinski definition) is 0. The third-order valence-electron chi connectivity index (χ3n) is 1.60. The molecule has 0 radical (unpaired) electrons. The molecule has 0 saturated carbocycles. The second kappa shape index (κ2) is 4.35. The molecule has 0 rings (SSSR count). The summed E-state index contributed by atoms with van der Waals surface area (Å²) in [6.07, 6.45) is 0. The van der Waals surface area contributed by atoms with Gasteiger partial charge in [-0.2, -0.15) is 0 Å². The Bertz CT molecular complexity index is 157. The van der Waals surface area contributed by atoms with E-state index < -0.39 is 0 Å². The molecule has 0 saturated heterocycles. The molecule has 0 spiro atoms. The first-order valence-electron chi connectivity index (χ1n) is 3.13. The summed E-state index contributed by atoms with van der Waals surface area (Å²) >= 11 is 6.87. The van der Waals surface area contributed by atoms with E-state index in [1.165, 1.54) is 20.1 Å². The lowest BCUT2D eigenvalue weighted by Gasteiger charge is -2.03. The van der Waals surface area contributed by atoms with E-state index in [4.69, 9.17) is 0 Å². The Morgan fingerprint density at radius 3 is 1.00 bits per heavy atom. The van der Waals surface area contributed by atoms with Crippen LogP contribution in [0, 0.1) is 0 Å². The summed E-state index contributed by atoms with van der Waals surface area (Å²) in [6, 6.07) is 0. The molecule has 0 amide bonds. The Morgan fingerprint density at radius 1 is 0.700 bits per heavy atom. The normalized spacial score (nSPS) is 16.2. The molecule has 0 nitrogen and oxygen atoms in total. The van der Waals surface area contributed by atoms with Crippen molar-refractivity contribution in [2.75, 3.05) is 0 Å². The molecule has 2 heteroatoms. The van der Waals surface area contributed by atoms with Gasteiger partial charge in [0.1, 0.15) is 0 Å². The van der Waals surface area contributed by atoms with Gasteiger partial charge in [0.15, 0.2) is 0 Å². The van der Waals surface area contributed by atoms with Gasteiger partial charge in [-0.05, 0) is 47.8 Å².